The third-order valence-corrected chi connectivity index (χ3v) is 6.08. The van der Waals surface area contributed by atoms with Gasteiger partial charge in [-0.25, -0.2) is 13.4 Å². The molecule has 5 nitrogen and oxygen atoms in total. The molecule has 0 fully saturated rings. The number of aromatic nitrogens is 1. The Bertz CT molecular complexity index is 739. The van der Waals surface area contributed by atoms with E-state index in [0.29, 0.717) is 15.6 Å². The van der Waals surface area contributed by atoms with E-state index in [-0.39, 0.29) is 17.1 Å². The second-order valence-electron chi connectivity index (χ2n) is 4.49. The second-order valence-corrected chi connectivity index (χ2v) is 7.63. The fourth-order valence-corrected chi connectivity index (χ4v) is 4.80. The van der Waals surface area contributed by atoms with Crippen molar-refractivity contribution < 1.29 is 13.5 Å². The quantitative estimate of drug-likeness (QED) is 0.823. The van der Waals surface area contributed by atoms with Crippen LogP contribution < -0.4 is 5.73 Å². The molecule has 19 heavy (non-hydrogen) atoms. The SMILES string of the molecule is Nc1ncc(C2(O)CCS(=O)(=O)c3ccccc32)s1. The maximum Gasteiger partial charge on any atom is 0.180 e. The number of anilines is 1. The highest BCUT2D eigenvalue weighted by atomic mass is 32.2. The van der Waals surface area contributed by atoms with E-state index in [9.17, 15) is 13.5 Å². The molecule has 2 aromatic rings. The van der Waals surface area contributed by atoms with E-state index in [1.54, 1.807) is 18.2 Å². The van der Waals surface area contributed by atoms with Crippen LogP contribution >= 0.6 is 11.3 Å². The average molecular weight is 296 g/mol. The highest BCUT2D eigenvalue weighted by Crippen LogP contribution is 2.43. The van der Waals surface area contributed by atoms with E-state index in [1.165, 1.54) is 23.6 Å². The van der Waals surface area contributed by atoms with E-state index >= 15 is 0 Å². The van der Waals surface area contributed by atoms with Crippen molar-refractivity contribution >= 4 is 26.3 Å². The van der Waals surface area contributed by atoms with Crippen molar-refractivity contribution in [3.63, 3.8) is 0 Å². The van der Waals surface area contributed by atoms with Crippen LogP contribution in [-0.2, 0) is 15.4 Å². The third-order valence-electron chi connectivity index (χ3n) is 3.33. The predicted molar refractivity (Wildman–Crippen MR) is 72.6 cm³/mol. The molecule has 0 spiro atoms. The van der Waals surface area contributed by atoms with Gasteiger partial charge < -0.3 is 10.8 Å². The summed E-state index contributed by atoms with van der Waals surface area (Å²) in [5.74, 6) is -0.0850. The van der Waals surface area contributed by atoms with Gasteiger partial charge in [-0.1, -0.05) is 29.5 Å². The van der Waals surface area contributed by atoms with Gasteiger partial charge in [0, 0.05) is 11.8 Å². The van der Waals surface area contributed by atoms with Gasteiger partial charge >= 0.3 is 0 Å². The minimum absolute atomic E-state index is 0.0850. The summed E-state index contributed by atoms with van der Waals surface area (Å²) in [6, 6.07) is 6.54. The number of benzene rings is 1. The fourth-order valence-electron chi connectivity index (χ4n) is 2.34. The summed E-state index contributed by atoms with van der Waals surface area (Å²) in [7, 11) is -3.32. The Morgan fingerprint density at radius 3 is 2.79 bits per heavy atom. The lowest BCUT2D eigenvalue weighted by atomic mass is 9.89. The van der Waals surface area contributed by atoms with Gasteiger partial charge in [-0.3, -0.25) is 0 Å². The van der Waals surface area contributed by atoms with Crippen LogP contribution in [0.1, 0.15) is 16.9 Å². The molecule has 2 heterocycles. The molecule has 100 valence electrons. The van der Waals surface area contributed by atoms with Gasteiger partial charge in [0.05, 0.1) is 15.5 Å². The van der Waals surface area contributed by atoms with Crippen molar-refractivity contribution in [2.75, 3.05) is 11.5 Å². The van der Waals surface area contributed by atoms with Crippen molar-refractivity contribution in [3.8, 4) is 0 Å². The molecule has 1 unspecified atom stereocenters. The molecule has 0 saturated heterocycles. The van der Waals surface area contributed by atoms with Crippen LogP contribution in [0.4, 0.5) is 5.13 Å². The zero-order chi connectivity index (χ0) is 13.7. The topological polar surface area (TPSA) is 93.3 Å². The first-order chi connectivity index (χ1) is 8.93. The largest absolute Gasteiger partial charge is 0.379 e. The molecule has 0 bridgehead atoms. The molecule has 1 atom stereocenters. The van der Waals surface area contributed by atoms with E-state index < -0.39 is 15.4 Å². The highest BCUT2D eigenvalue weighted by Gasteiger charge is 2.42. The van der Waals surface area contributed by atoms with E-state index in [2.05, 4.69) is 4.98 Å². The predicted octanol–water partition coefficient (Wildman–Crippen LogP) is 1.14. The first-order valence-corrected chi connectivity index (χ1v) is 8.17. The van der Waals surface area contributed by atoms with E-state index in [0.717, 1.165) is 0 Å². The molecule has 0 saturated carbocycles. The Balaban J connectivity index is 2.26. The number of hydrogen-bond donors (Lipinski definition) is 2. The van der Waals surface area contributed by atoms with Crippen molar-refractivity contribution in [2.45, 2.75) is 16.9 Å². The van der Waals surface area contributed by atoms with Crippen LogP contribution in [-0.4, -0.2) is 24.3 Å². The number of sulfone groups is 1. The molecular formula is C12H12N2O3S2. The molecule has 1 aliphatic heterocycles. The molecule has 0 aliphatic carbocycles. The minimum Gasteiger partial charge on any atom is -0.379 e. The number of thiazole rings is 1. The molecule has 1 aromatic carbocycles. The average Bonchev–Trinajstić information content (AvgIpc) is 2.82. The summed E-state index contributed by atoms with van der Waals surface area (Å²) in [4.78, 5) is 4.70. The Labute approximate surface area is 114 Å². The third kappa shape index (κ3) is 1.85. The molecule has 3 rings (SSSR count). The highest BCUT2D eigenvalue weighted by molar-refractivity contribution is 7.91. The van der Waals surface area contributed by atoms with Crippen LogP contribution in [0.15, 0.2) is 35.4 Å². The number of nitrogens with two attached hydrogens (primary N) is 1. The summed E-state index contributed by atoms with van der Waals surface area (Å²) < 4.78 is 24.1. The van der Waals surface area contributed by atoms with Crippen molar-refractivity contribution in [3.05, 3.63) is 40.9 Å². The van der Waals surface area contributed by atoms with Crippen LogP contribution in [0.25, 0.3) is 0 Å². The van der Waals surface area contributed by atoms with Gasteiger partial charge in [0.2, 0.25) is 0 Å². The number of hydrogen-bond acceptors (Lipinski definition) is 6. The van der Waals surface area contributed by atoms with Crippen LogP contribution in [0.5, 0.6) is 0 Å². The molecule has 1 aromatic heterocycles. The number of fused-ring (bicyclic) bond motifs is 1. The number of nitrogens with zero attached hydrogens (tertiary/aromatic N) is 1. The summed E-state index contributed by atoms with van der Waals surface area (Å²) in [5, 5.41) is 11.2. The number of rotatable bonds is 1. The van der Waals surface area contributed by atoms with Gasteiger partial charge in [-0.05, 0) is 12.5 Å². The van der Waals surface area contributed by atoms with Crippen molar-refractivity contribution in [1.29, 1.82) is 0 Å². The Kier molecular flexibility index (Phi) is 2.67. The smallest absolute Gasteiger partial charge is 0.180 e. The molecule has 1 aliphatic rings. The van der Waals surface area contributed by atoms with Crippen molar-refractivity contribution in [2.24, 2.45) is 0 Å². The fraction of sp³-hybridized carbons (Fsp3) is 0.250. The Hall–Kier alpha value is -1.44. The Morgan fingerprint density at radius 2 is 2.11 bits per heavy atom. The Morgan fingerprint density at radius 1 is 1.37 bits per heavy atom. The summed E-state index contributed by atoms with van der Waals surface area (Å²) in [6.45, 7) is 0. The lowest BCUT2D eigenvalue weighted by molar-refractivity contribution is 0.0754. The first kappa shape index (κ1) is 12.6. The van der Waals surface area contributed by atoms with Gasteiger partial charge in [0.25, 0.3) is 0 Å². The maximum atomic E-state index is 12.0. The van der Waals surface area contributed by atoms with Crippen LogP contribution in [0.2, 0.25) is 0 Å². The van der Waals surface area contributed by atoms with Gasteiger partial charge in [-0.2, -0.15) is 0 Å². The van der Waals surface area contributed by atoms with Gasteiger partial charge in [0.1, 0.15) is 5.60 Å². The lowest BCUT2D eigenvalue weighted by Gasteiger charge is -2.33. The monoisotopic (exact) mass is 296 g/mol. The van der Waals surface area contributed by atoms with Crippen LogP contribution in [0, 0.1) is 0 Å². The molecule has 3 N–H and O–H groups in total. The maximum absolute atomic E-state index is 12.0. The zero-order valence-corrected chi connectivity index (χ0v) is 11.5. The second kappa shape index (κ2) is 4.03. The van der Waals surface area contributed by atoms with Gasteiger partial charge in [-0.15, -0.1) is 0 Å². The zero-order valence-electron chi connectivity index (χ0n) is 9.91. The van der Waals surface area contributed by atoms with E-state index in [1.807, 2.05) is 0 Å². The molecular weight excluding hydrogens is 284 g/mol. The van der Waals surface area contributed by atoms with Crippen LogP contribution in [0.3, 0.4) is 0 Å². The molecule has 0 amide bonds. The van der Waals surface area contributed by atoms with E-state index in [4.69, 9.17) is 5.73 Å². The number of aliphatic hydroxyl groups is 1. The summed E-state index contributed by atoms with van der Waals surface area (Å²) >= 11 is 1.18. The normalized spacial score (nSPS) is 24.9. The first-order valence-electron chi connectivity index (χ1n) is 5.70. The van der Waals surface area contributed by atoms with Crippen molar-refractivity contribution in [1.82, 2.24) is 4.98 Å². The molecule has 7 heteroatoms. The lowest BCUT2D eigenvalue weighted by Crippen LogP contribution is -2.35. The summed E-state index contributed by atoms with van der Waals surface area (Å²) in [5.41, 5.74) is 4.68. The standard InChI is InChI=1S/C12H12N2O3S2/c13-11-14-7-10(18-11)12(15)5-6-19(16,17)9-4-2-1-3-8(9)12/h1-4,7,15H,5-6H2,(H2,13,14). The number of nitrogen functional groups attached to an aromatic ring is 1. The van der Waals surface area contributed by atoms with Gasteiger partial charge in [0.15, 0.2) is 15.0 Å². The molecule has 0 radical (unpaired) electrons. The summed E-state index contributed by atoms with van der Waals surface area (Å²) in [6.07, 6.45) is 1.63. The minimum atomic E-state index is -3.32.